The van der Waals surface area contributed by atoms with E-state index < -0.39 is 62.1 Å². The minimum Gasteiger partial charge on any atom is -0.505 e. The van der Waals surface area contributed by atoms with Gasteiger partial charge in [0, 0.05) is 5.56 Å². The van der Waals surface area contributed by atoms with Gasteiger partial charge in [-0.05, 0) is 24.3 Å². The van der Waals surface area contributed by atoms with E-state index in [1.807, 2.05) is 0 Å². The van der Waals surface area contributed by atoms with Crippen molar-refractivity contribution in [3.63, 3.8) is 0 Å². The fraction of sp³-hybridized carbons (Fsp3) is 0.0435. The van der Waals surface area contributed by atoms with Gasteiger partial charge in [-0.3, -0.25) is 0 Å². The largest absolute Gasteiger partial charge is 0.505 e. The van der Waals surface area contributed by atoms with Crippen LogP contribution in [0.2, 0.25) is 10.0 Å². The quantitative estimate of drug-likeness (QED) is 0.305. The molecule has 5 N–H and O–H groups in total. The van der Waals surface area contributed by atoms with Crippen molar-refractivity contribution in [2.75, 3.05) is 0 Å². The van der Waals surface area contributed by atoms with Crippen LogP contribution in [0.25, 0.3) is 0 Å². The number of rotatable bonds is 3. The van der Waals surface area contributed by atoms with E-state index >= 15 is 0 Å². The topological polar surface area (TPSA) is 188 Å². The number of carbonyl (C=O) groups is 4. The standard InChI is InChI=1S/C23H10Cl2O11/c24-13-15(26)8(20(30)31)4-11-17(13)35-18-12(5-9(21(32)33)16(27)14(18)25)23(11)10-2-1-6(19(28)29)3-7(10)22(34)36-23/h1-5,26-27H,(H,28,29)(H,30,31)(H,32,33). The molecule has 2 heterocycles. The van der Waals surface area contributed by atoms with Crippen LogP contribution in [0, 0.1) is 0 Å². The summed E-state index contributed by atoms with van der Waals surface area (Å²) in [7, 11) is 0. The van der Waals surface area contributed by atoms with Crippen molar-refractivity contribution in [3.05, 3.63) is 79.3 Å². The van der Waals surface area contributed by atoms with Crippen LogP contribution in [0.1, 0.15) is 58.1 Å². The number of aromatic hydroxyl groups is 2. The van der Waals surface area contributed by atoms with Gasteiger partial charge in [0.05, 0.1) is 22.3 Å². The lowest BCUT2D eigenvalue weighted by atomic mass is 9.76. The van der Waals surface area contributed by atoms with E-state index in [0.29, 0.717) is 0 Å². The van der Waals surface area contributed by atoms with Crippen LogP contribution in [-0.2, 0) is 10.3 Å². The maximum Gasteiger partial charge on any atom is 0.340 e. The average molecular weight is 533 g/mol. The summed E-state index contributed by atoms with van der Waals surface area (Å²) in [5.41, 5.74) is -4.47. The molecule has 0 saturated heterocycles. The van der Waals surface area contributed by atoms with E-state index in [4.69, 9.17) is 32.7 Å². The molecule has 182 valence electrons. The van der Waals surface area contributed by atoms with Gasteiger partial charge in [0.15, 0.2) is 28.6 Å². The summed E-state index contributed by atoms with van der Waals surface area (Å²) in [4.78, 5) is 48.1. The number of benzene rings is 3. The minimum atomic E-state index is -2.14. The van der Waals surface area contributed by atoms with Gasteiger partial charge in [0.25, 0.3) is 0 Å². The number of phenols is 2. The molecule has 2 aliphatic rings. The summed E-state index contributed by atoms with van der Waals surface area (Å²) >= 11 is 12.5. The van der Waals surface area contributed by atoms with E-state index in [2.05, 4.69) is 0 Å². The molecule has 3 aromatic carbocycles. The highest BCUT2D eigenvalue weighted by Crippen LogP contribution is 2.61. The average Bonchev–Trinajstić information content (AvgIpc) is 3.11. The van der Waals surface area contributed by atoms with Gasteiger partial charge in [-0.15, -0.1) is 0 Å². The van der Waals surface area contributed by atoms with Gasteiger partial charge in [0.2, 0.25) is 0 Å². The fourth-order valence-corrected chi connectivity index (χ4v) is 4.83. The van der Waals surface area contributed by atoms with Crippen LogP contribution >= 0.6 is 23.2 Å². The van der Waals surface area contributed by atoms with Gasteiger partial charge in [-0.25, -0.2) is 19.2 Å². The van der Waals surface area contributed by atoms with E-state index in [9.17, 15) is 44.7 Å². The van der Waals surface area contributed by atoms with Crippen LogP contribution in [-0.4, -0.2) is 49.4 Å². The molecule has 0 amide bonds. The zero-order valence-electron chi connectivity index (χ0n) is 17.3. The number of aromatic carboxylic acids is 3. The minimum absolute atomic E-state index is 0.0144. The molecule has 2 aliphatic heterocycles. The molecule has 0 fully saturated rings. The van der Waals surface area contributed by atoms with Crippen molar-refractivity contribution in [1.29, 1.82) is 0 Å². The van der Waals surface area contributed by atoms with Crippen molar-refractivity contribution in [2.24, 2.45) is 0 Å². The smallest absolute Gasteiger partial charge is 0.340 e. The number of fused-ring (bicyclic) bond motifs is 6. The lowest BCUT2D eigenvalue weighted by molar-refractivity contribution is 0.0224. The molecule has 0 atom stereocenters. The van der Waals surface area contributed by atoms with Crippen LogP contribution in [0.3, 0.4) is 0 Å². The Labute approximate surface area is 209 Å². The molecule has 5 rings (SSSR count). The number of esters is 1. The first kappa shape index (κ1) is 23.3. The summed E-state index contributed by atoms with van der Waals surface area (Å²) in [5, 5.41) is 48.1. The highest BCUT2D eigenvalue weighted by Gasteiger charge is 2.56. The summed E-state index contributed by atoms with van der Waals surface area (Å²) in [5.74, 6) is -8.11. The second-order valence-electron chi connectivity index (χ2n) is 7.78. The zero-order chi connectivity index (χ0) is 26.3. The molecule has 0 saturated carbocycles. The van der Waals surface area contributed by atoms with Crippen LogP contribution in [0.15, 0.2) is 30.3 Å². The SMILES string of the molecule is O=C(O)c1ccc2c(c1)C(=O)OC21c2cc(C(=O)O)c(O)c(Cl)c2Oc2c1cc(C(=O)O)c(O)c2Cl. The van der Waals surface area contributed by atoms with E-state index in [-0.39, 0.29) is 39.3 Å². The third-order valence-electron chi connectivity index (χ3n) is 5.93. The van der Waals surface area contributed by atoms with Gasteiger partial charge >= 0.3 is 23.9 Å². The van der Waals surface area contributed by atoms with Crippen LogP contribution in [0.5, 0.6) is 23.0 Å². The monoisotopic (exact) mass is 532 g/mol. The normalized spacial score (nSPS) is 14.3. The summed E-state index contributed by atoms with van der Waals surface area (Å²) in [6.07, 6.45) is 0. The number of halogens is 2. The molecule has 0 unspecified atom stereocenters. The Balaban J connectivity index is 1.98. The number of hydrogen-bond donors (Lipinski definition) is 5. The second-order valence-corrected chi connectivity index (χ2v) is 8.53. The van der Waals surface area contributed by atoms with Crippen molar-refractivity contribution in [1.82, 2.24) is 0 Å². The number of carboxylic acids is 3. The maximum absolute atomic E-state index is 13.0. The first-order valence-corrected chi connectivity index (χ1v) is 10.5. The Bertz CT molecular complexity index is 1520. The number of ether oxygens (including phenoxy) is 2. The van der Waals surface area contributed by atoms with Gasteiger partial charge in [-0.2, -0.15) is 0 Å². The molecule has 13 heteroatoms. The molecule has 0 aliphatic carbocycles. The highest BCUT2D eigenvalue weighted by molar-refractivity contribution is 6.35. The number of carbonyl (C=O) groups excluding carboxylic acids is 1. The highest BCUT2D eigenvalue weighted by atomic mass is 35.5. The Kier molecular flexibility index (Phi) is 4.85. The summed E-state index contributed by atoms with van der Waals surface area (Å²) in [6.45, 7) is 0. The van der Waals surface area contributed by atoms with Gasteiger partial charge < -0.3 is 35.0 Å². The number of hydrogen-bond acceptors (Lipinski definition) is 8. The lowest BCUT2D eigenvalue weighted by Crippen LogP contribution is -2.34. The summed E-state index contributed by atoms with van der Waals surface area (Å²) < 4.78 is 11.4. The first-order valence-electron chi connectivity index (χ1n) is 9.77. The lowest BCUT2D eigenvalue weighted by Gasteiger charge is -2.37. The molecule has 0 aromatic heterocycles. The fourth-order valence-electron chi connectivity index (χ4n) is 4.34. The Hall–Kier alpha value is -4.48. The van der Waals surface area contributed by atoms with Crippen molar-refractivity contribution >= 4 is 47.1 Å². The van der Waals surface area contributed by atoms with Gasteiger partial charge in [0.1, 0.15) is 21.2 Å². The Morgan fingerprint density at radius 1 is 0.750 bits per heavy atom. The third-order valence-corrected chi connectivity index (χ3v) is 6.63. The zero-order valence-corrected chi connectivity index (χ0v) is 18.8. The molecule has 0 radical (unpaired) electrons. The van der Waals surface area contributed by atoms with Crippen molar-refractivity contribution in [3.8, 4) is 23.0 Å². The molecule has 3 aromatic rings. The van der Waals surface area contributed by atoms with Gasteiger partial charge in [-0.1, -0.05) is 29.3 Å². The predicted octanol–water partition coefficient (Wildman–Crippen LogP) is 4.07. The van der Waals surface area contributed by atoms with E-state index in [1.54, 1.807) is 0 Å². The van der Waals surface area contributed by atoms with E-state index in [1.165, 1.54) is 6.07 Å². The Morgan fingerprint density at radius 2 is 1.25 bits per heavy atom. The van der Waals surface area contributed by atoms with Crippen LogP contribution < -0.4 is 4.74 Å². The molecular formula is C23H10Cl2O11. The third kappa shape index (κ3) is 2.87. The number of carboxylic acid groups (broad SMARTS) is 3. The maximum atomic E-state index is 13.0. The second kappa shape index (κ2) is 7.51. The summed E-state index contributed by atoms with van der Waals surface area (Å²) in [6, 6.07) is 5.27. The van der Waals surface area contributed by atoms with Crippen LogP contribution in [0.4, 0.5) is 0 Å². The van der Waals surface area contributed by atoms with Crippen molar-refractivity contribution < 1.29 is 54.2 Å². The first-order chi connectivity index (χ1) is 16.9. The molecule has 11 nitrogen and oxygen atoms in total. The molecule has 1 spiro atoms. The molecule has 0 bridgehead atoms. The molecular weight excluding hydrogens is 523 g/mol. The molecule has 36 heavy (non-hydrogen) atoms. The van der Waals surface area contributed by atoms with Crippen molar-refractivity contribution in [2.45, 2.75) is 5.60 Å². The predicted molar refractivity (Wildman–Crippen MR) is 119 cm³/mol. The Morgan fingerprint density at radius 3 is 1.69 bits per heavy atom. The van der Waals surface area contributed by atoms with E-state index in [0.717, 1.165) is 24.3 Å².